The normalized spacial score (nSPS) is 11.8. The number of nitrogens with one attached hydrogen (secondary N) is 2. The highest BCUT2D eigenvalue weighted by Crippen LogP contribution is 2.19. The number of carbonyl (C=O) groups excluding carboxylic acids is 2. The Hall–Kier alpha value is -3.28. The van der Waals surface area contributed by atoms with E-state index in [0.29, 0.717) is 5.75 Å². The van der Waals surface area contributed by atoms with E-state index in [1.807, 2.05) is 30.3 Å². The molecule has 1 atom stereocenters. The number of aliphatic carboxylic acids is 1. The van der Waals surface area contributed by atoms with Gasteiger partial charge in [-0.25, -0.2) is 0 Å². The van der Waals surface area contributed by atoms with Crippen LogP contribution in [0.3, 0.4) is 0 Å². The molecule has 0 unspecified atom stereocenters. The van der Waals surface area contributed by atoms with Crippen LogP contribution in [0.15, 0.2) is 60.8 Å². The lowest BCUT2D eigenvalue weighted by atomic mass is 10.1. The minimum Gasteiger partial charge on any atom is -0.548 e. The van der Waals surface area contributed by atoms with Gasteiger partial charge in [0.15, 0.2) is 6.61 Å². The van der Waals surface area contributed by atoms with Crippen LogP contribution >= 0.6 is 0 Å². The van der Waals surface area contributed by atoms with Gasteiger partial charge in [0.25, 0.3) is 5.91 Å². The van der Waals surface area contributed by atoms with Crippen LogP contribution < -0.4 is 15.2 Å². The highest BCUT2D eigenvalue weighted by Gasteiger charge is 2.16. The van der Waals surface area contributed by atoms with Crippen molar-refractivity contribution in [3.63, 3.8) is 0 Å². The Bertz CT molecular complexity index is 873. The van der Waals surface area contributed by atoms with Crippen molar-refractivity contribution in [3.8, 4) is 5.75 Å². The Labute approximate surface area is 144 Å². The number of hydrogen-bond acceptors (Lipinski definition) is 4. The summed E-state index contributed by atoms with van der Waals surface area (Å²) in [4.78, 5) is 26.5. The Morgan fingerprint density at radius 2 is 1.80 bits per heavy atom. The Kier molecular flexibility index (Phi) is 4.99. The van der Waals surface area contributed by atoms with Crippen LogP contribution in [-0.4, -0.2) is 29.5 Å². The summed E-state index contributed by atoms with van der Waals surface area (Å²) in [5, 5.41) is 14.8. The molecule has 0 saturated heterocycles. The fourth-order valence-electron chi connectivity index (χ4n) is 2.62. The van der Waals surface area contributed by atoms with E-state index in [-0.39, 0.29) is 13.0 Å². The van der Waals surface area contributed by atoms with Crippen molar-refractivity contribution < 1.29 is 19.4 Å². The van der Waals surface area contributed by atoms with Crippen molar-refractivity contribution in [1.82, 2.24) is 10.3 Å². The molecule has 0 aliphatic rings. The van der Waals surface area contributed by atoms with Gasteiger partial charge in [-0.15, -0.1) is 0 Å². The summed E-state index contributed by atoms with van der Waals surface area (Å²) >= 11 is 0. The topological polar surface area (TPSA) is 94.2 Å². The number of para-hydroxylation sites is 2. The number of amides is 1. The molecule has 0 aliphatic carbocycles. The number of aromatic nitrogens is 1. The first-order valence-electron chi connectivity index (χ1n) is 7.86. The molecule has 6 nitrogen and oxygen atoms in total. The molecule has 3 aromatic rings. The standard InChI is InChI=1S/C19H18N2O4/c22-18(12-25-14-6-2-1-3-7-14)21-17(19(23)24)10-13-11-20-16-9-5-4-8-15(13)16/h1-9,11,17,20H,10,12H2,(H,21,22)(H,23,24)/p-1/t17-/m1/s1. The van der Waals surface area contributed by atoms with Gasteiger partial charge >= 0.3 is 0 Å². The Morgan fingerprint density at radius 3 is 2.56 bits per heavy atom. The minimum absolute atomic E-state index is 0.128. The summed E-state index contributed by atoms with van der Waals surface area (Å²) in [6, 6.07) is 15.3. The van der Waals surface area contributed by atoms with Gasteiger partial charge in [0, 0.05) is 23.5 Å². The van der Waals surface area contributed by atoms with Gasteiger partial charge in [0.2, 0.25) is 0 Å². The number of benzene rings is 2. The summed E-state index contributed by atoms with van der Waals surface area (Å²) in [6.45, 7) is -0.262. The van der Waals surface area contributed by atoms with E-state index in [0.717, 1.165) is 16.5 Å². The first-order chi connectivity index (χ1) is 12.1. The summed E-state index contributed by atoms with van der Waals surface area (Å²) < 4.78 is 5.32. The van der Waals surface area contributed by atoms with E-state index >= 15 is 0 Å². The molecule has 0 aliphatic heterocycles. The second-order valence-electron chi connectivity index (χ2n) is 5.60. The smallest absolute Gasteiger partial charge is 0.258 e. The van der Waals surface area contributed by atoms with Crippen molar-refractivity contribution in [2.75, 3.05) is 6.61 Å². The number of ether oxygens (including phenoxy) is 1. The lowest BCUT2D eigenvalue weighted by Crippen LogP contribution is -2.50. The van der Waals surface area contributed by atoms with Gasteiger partial charge in [-0.3, -0.25) is 4.79 Å². The van der Waals surface area contributed by atoms with E-state index in [1.54, 1.807) is 30.5 Å². The second kappa shape index (κ2) is 7.53. The predicted octanol–water partition coefficient (Wildman–Crippen LogP) is 1.02. The molecule has 6 heteroatoms. The predicted molar refractivity (Wildman–Crippen MR) is 90.9 cm³/mol. The first kappa shape index (κ1) is 16.6. The summed E-state index contributed by atoms with van der Waals surface area (Å²) in [7, 11) is 0. The maximum atomic E-state index is 12.0. The van der Waals surface area contributed by atoms with Gasteiger partial charge in [0.05, 0.1) is 12.0 Å². The van der Waals surface area contributed by atoms with Crippen LogP contribution in [0.2, 0.25) is 0 Å². The molecule has 0 fully saturated rings. The highest BCUT2D eigenvalue weighted by molar-refractivity contribution is 5.86. The fraction of sp³-hybridized carbons (Fsp3) is 0.158. The molecule has 0 spiro atoms. The van der Waals surface area contributed by atoms with Gasteiger partial charge in [-0.2, -0.15) is 0 Å². The Balaban J connectivity index is 1.63. The summed E-state index contributed by atoms with van der Waals surface area (Å²) in [5.74, 6) is -1.31. The van der Waals surface area contributed by atoms with Crippen molar-refractivity contribution >= 4 is 22.8 Å². The van der Waals surface area contributed by atoms with Crippen molar-refractivity contribution in [2.24, 2.45) is 0 Å². The molecular formula is C19H17N2O4-. The number of rotatable bonds is 7. The molecule has 2 N–H and O–H groups in total. The largest absolute Gasteiger partial charge is 0.548 e. The minimum atomic E-state index is -1.33. The fourth-order valence-corrected chi connectivity index (χ4v) is 2.62. The lowest BCUT2D eigenvalue weighted by Gasteiger charge is -2.19. The van der Waals surface area contributed by atoms with Gasteiger partial charge in [-0.1, -0.05) is 36.4 Å². The third-order valence-corrected chi connectivity index (χ3v) is 3.83. The molecule has 0 saturated carbocycles. The van der Waals surface area contributed by atoms with E-state index in [2.05, 4.69) is 10.3 Å². The monoisotopic (exact) mass is 337 g/mol. The van der Waals surface area contributed by atoms with Crippen LogP contribution in [-0.2, 0) is 16.0 Å². The number of carbonyl (C=O) groups is 2. The molecule has 1 heterocycles. The highest BCUT2D eigenvalue weighted by atomic mass is 16.5. The molecular weight excluding hydrogens is 320 g/mol. The maximum absolute atomic E-state index is 12.0. The van der Waals surface area contributed by atoms with Gasteiger partial charge < -0.3 is 24.9 Å². The van der Waals surface area contributed by atoms with E-state index < -0.39 is 17.9 Å². The molecule has 3 rings (SSSR count). The number of H-pyrrole nitrogens is 1. The van der Waals surface area contributed by atoms with Crippen molar-refractivity contribution in [3.05, 3.63) is 66.4 Å². The molecule has 25 heavy (non-hydrogen) atoms. The van der Waals surface area contributed by atoms with Crippen LogP contribution in [0.4, 0.5) is 0 Å². The number of fused-ring (bicyclic) bond motifs is 1. The number of carboxylic acid groups (broad SMARTS) is 1. The third-order valence-electron chi connectivity index (χ3n) is 3.83. The second-order valence-corrected chi connectivity index (χ2v) is 5.60. The maximum Gasteiger partial charge on any atom is 0.258 e. The van der Waals surface area contributed by atoms with Crippen molar-refractivity contribution in [1.29, 1.82) is 0 Å². The van der Waals surface area contributed by atoms with Crippen LogP contribution in [0.5, 0.6) is 5.75 Å². The zero-order valence-corrected chi connectivity index (χ0v) is 13.4. The number of carboxylic acids is 1. The van der Waals surface area contributed by atoms with Crippen molar-refractivity contribution in [2.45, 2.75) is 12.5 Å². The zero-order chi connectivity index (χ0) is 17.6. The lowest BCUT2D eigenvalue weighted by molar-refractivity contribution is -0.308. The Morgan fingerprint density at radius 1 is 1.08 bits per heavy atom. The molecule has 0 bridgehead atoms. The number of hydrogen-bond donors (Lipinski definition) is 2. The number of aromatic amines is 1. The molecule has 128 valence electrons. The molecule has 0 radical (unpaired) electrons. The molecule has 1 aromatic heterocycles. The van der Waals surface area contributed by atoms with E-state index in [1.165, 1.54) is 0 Å². The average molecular weight is 337 g/mol. The summed E-state index contributed by atoms with van der Waals surface area (Å²) in [6.07, 6.45) is 1.87. The molecule has 2 aromatic carbocycles. The summed E-state index contributed by atoms with van der Waals surface area (Å²) in [5.41, 5.74) is 1.71. The van der Waals surface area contributed by atoms with E-state index in [9.17, 15) is 14.7 Å². The van der Waals surface area contributed by atoms with Crippen LogP contribution in [0.1, 0.15) is 5.56 Å². The first-order valence-corrected chi connectivity index (χ1v) is 7.86. The quantitative estimate of drug-likeness (QED) is 0.673. The van der Waals surface area contributed by atoms with E-state index in [4.69, 9.17) is 4.74 Å². The van der Waals surface area contributed by atoms with Crippen LogP contribution in [0, 0.1) is 0 Å². The third kappa shape index (κ3) is 4.17. The van der Waals surface area contributed by atoms with Gasteiger partial charge in [-0.05, 0) is 23.8 Å². The van der Waals surface area contributed by atoms with Crippen LogP contribution in [0.25, 0.3) is 10.9 Å². The van der Waals surface area contributed by atoms with Gasteiger partial charge in [0.1, 0.15) is 5.75 Å². The average Bonchev–Trinajstić information content (AvgIpc) is 3.03. The SMILES string of the molecule is O=C(COc1ccccc1)N[C@H](Cc1c[nH]c2ccccc12)C(=O)[O-]. The molecule has 1 amide bonds. The zero-order valence-electron chi connectivity index (χ0n) is 13.4.